The molecular weight excluding hydrogens is 445 g/mol. The minimum absolute atomic E-state index is 0.00147. The summed E-state index contributed by atoms with van der Waals surface area (Å²) in [5.41, 5.74) is -0.150. The van der Waals surface area contributed by atoms with Crippen LogP contribution < -0.4 is 0 Å². The molecule has 2 heterocycles. The van der Waals surface area contributed by atoms with Gasteiger partial charge in [0.05, 0.1) is 5.41 Å². The largest absolute Gasteiger partial charge is 0.459 e. The lowest BCUT2D eigenvalue weighted by atomic mass is 9.50. The Balaban J connectivity index is 1.67. The predicted molar refractivity (Wildman–Crippen MR) is 107 cm³/mol. The maximum atomic E-state index is 12.8. The second kappa shape index (κ2) is 7.02. The van der Waals surface area contributed by atoms with Gasteiger partial charge in [0.1, 0.15) is 12.2 Å². The minimum atomic E-state index is -0.581. The number of piperidine rings is 2. The molecule has 6 heteroatoms. The average Bonchev–Trinajstić information content (AvgIpc) is 2.58. The van der Waals surface area contributed by atoms with Crippen LogP contribution in [0.25, 0.3) is 0 Å². The summed E-state index contributed by atoms with van der Waals surface area (Å²) in [6.45, 7) is 6.90. The summed E-state index contributed by atoms with van der Waals surface area (Å²) in [5.74, 6) is -0.189. The van der Waals surface area contributed by atoms with Crippen LogP contribution in [-0.2, 0) is 20.9 Å². The summed E-state index contributed by atoms with van der Waals surface area (Å²) < 4.78 is 12.0. The van der Waals surface area contributed by atoms with Crippen LogP contribution in [0, 0.1) is 10.8 Å². The lowest BCUT2D eigenvalue weighted by molar-refractivity contribution is -0.195. The number of hydrogen-bond donors (Lipinski definition) is 0. The first kappa shape index (κ1) is 19.5. The lowest BCUT2D eigenvalue weighted by Gasteiger charge is -2.61. The molecule has 1 aromatic rings. The van der Waals surface area contributed by atoms with Crippen LogP contribution in [0.3, 0.4) is 0 Å². The van der Waals surface area contributed by atoms with Crippen LogP contribution in [0.1, 0.15) is 39.2 Å². The summed E-state index contributed by atoms with van der Waals surface area (Å²) in [6.07, 6.45) is 1.23. The summed E-state index contributed by atoms with van der Waals surface area (Å²) in [7, 11) is 0. The fourth-order valence-corrected chi connectivity index (χ4v) is 4.89. The van der Waals surface area contributed by atoms with E-state index in [9.17, 15) is 9.59 Å². The van der Waals surface area contributed by atoms with E-state index < -0.39 is 11.0 Å². The molecule has 1 aliphatic carbocycles. The van der Waals surface area contributed by atoms with Crippen molar-refractivity contribution in [3.8, 4) is 0 Å². The molecule has 1 amide bonds. The number of nitrogens with zero attached hydrogens (tertiary/aromatic N) is 1. The standard InChI is InChI=1S/C20H26INO4/c1-18(2,3)26-16(23)20-10-19(11-20,12-21)13-22(14-20)17(24)25-9-15-7-5-4-6-8-15/h4-8H,9-14H2,1-3H3. The zero-order valence-electron chi connectivity index (χ0n) is 15.6. The summed E-state index contributed by atoms with van der Waals surface area (Å²) in [4.78, 5) is 27.1. The third kappa shape index (κ3) is 4.00. The number of amides is 1. The van der Waals surface area contributed by atoms with Gasteiger partial charge in [-0.15, -0.1) is 0 Å². The fourth-order valence-electron chi connectivity index (χ4n) is 4.11. The van der Waals surface area contributed by atoms with Crippen molar-refractivity contribution in [3.05, 3.63) is 35.9 Å². The Bertz CT molecular complexity index is 677. The van der Waals surface area contributed by atoms with Crippen molar-refractivity contribution >= 4 is 34.7 Å². The second-order valence-electron chi connectivity index (χ2n) is 8.67. The molecule has 142 valence electrons. The first-order valence-electron chi connectivity index (χ1n) is 8.92. The van der Waals surface area contributed by atoms with Gasteiger partial charge < -0.3 is 14.4 Å². The minimum Gasteiger partial charge on any atom is -0.459 e. The van der Waals surface area contributed by atoms with Gasteiger partial charge in [-0.05, 0) is 44.6 Å². The lowest BCUT2D eigenvalue weighted by Crippen LogP contribution is -2.68. The molecule has 0 N–H and O–H groups in total. The van der Waals surface area contributed by atoms with E-state index >= 15 is 0 Å². The smallest absolute Gasteiger partial charge is 0.410 e. The molecular formula is C20H26INO4. The molecule has 3 aliphatic rings. The Hall–Kier alpha value is -1.31. The number of halogens is 1. The fraction of sp³-hybridized carbons (Fsp3) is 0.600. The molecule has 5 nitrogen and oxygen atoms in total. The molecule has 0 aromatic heterocycles. The van der Waals surface area contributed by atoms with Crippen molar-refractivity contribution in [2.24, 2.45) is 10.8 Å². The van der Waals surface area contributed by atoms with Gasteiger partial charge in [0, 0.05) is 17.5 Å². The highest BCUT2D eigenvalue weighted by Crippen LogP contribution is 2.60. The molecule has 0 atom stereocenters. The monoisotopic (exact) mass is 471 g/mol. The van der Waals surface area contributed by atoms with E-state index in [0.717, 1.165) is 22.8 Å². The molecule has 0 spiro atoms. The number of benzene rings is 1. The third-order valence-corrected chi connectivity index (χ3v) is 6.64. The van der Waals surface area contributed by atoms with Crippen molar-refractivity contribution in [3.63, 3.8) is 0 Å². The first-order chi connectivity index (χ1) is 12.2. The van der Waals surface area contributed by atoms with Crippen molar-refractivity contribution in [1.82, 2.24) is 4.90 Å². The zero-order valence-corrected chi connectivity index (χ0v) is 17.7. The van der Waals surface area contributed by atoms with E-state index in [1.165, 1.54) is 0 Å². The van der Waals surface area contributed by atoms with Crippen LogP contribution in [-0.4, -0.2) is 40.1 Å². The molecule has 1 saturated carbocycles. The van der Waals surface area contributed by atoms with Gasteiger partial charge in [0.2, 0.25) is 0 Å². The van der Waals surface area contributed by atoms with E-state index in [1.807, 2.05) is 51.1 Å². The normalized spacial score (nSPS) is 27.5. The maximum Gasteiger partial charge on any atom is 0.410 e. The number of esters is 1. The maximum absolute atomic E-state index is 12.8. The Morgan fingerprint density at radius 3 is 2.38 bits per heavy atom. The van der Waals surface area contributed by atoms with Gasteiger partial charge in [-0.1, -0.05) is 52.9 Å². The van der Waals surface area contributed by atoms with Gasteiger partial charge in [-0.3, -0.25) is 4.79 Å². The molecule has 2 saturated heterocycles. The van der Waals surface area contributed by atoms with Gasteiger partial charge in [0.15, 0.2) is 0 Å². The van der Waals surface area contributed by atoms with Crippen molar-refractivity contribution in [2.45, 2.75) is 45.8 Å². The van der Waals surface area contributed by atoms with E-state index in [0.29, 0.717) is 13.1 Å². The zero-order chi connectivity index (χ0) is 19.0. The summed E-state index contributed by atoms with van der Waals surface area (Å²) in [6, 6.07) is 9.62. The van der Waals surface area contributed by atoms with Gasteiger partial charge >= 0.3 is 12.1 Å². The summed E-state index contributed by atoms with van der Waals surface area (Å²) in [5, 5.41) is 0. The number of carbonyl (C=O) groups is 2. The molecule has 3 fully saturated rings. The molecule has 1 aromatic carbocycles. The van der Waals surface area contributed by atoms with Crippen molar-refractivity contribution in [1.29, 1.82) is 0 Å². The van der Waals surface area contributed by atoms with Crippen LogP contribution in [0.2, 0.25) is 0 Å². The van der Waals surface area contributed by atoms with Crippen LogP contribution in [0.5, 0.6) is 0 Å². The molecule has 4 rings (SSSR count). The highest BCUT2D eigenvalue weighted by atomic mass is 127. The molecule has 0 radical (unpaired) electrons. The highest BCUT2D eigenvalue weighted by Gasteiger charge is 2.64. The van der Waals surface area contributed by atoms with Crippen molar-refractivity contribution < 1.29 is 19.1 Å². The van der Waals surface area contributed by atoms with Gasteiger partial charge in [-0.2, -0.15) is 0 Å². The van der Waals surface area contributed by atoms with Crippen molar-refractivity contribution in [2.75, 3.05) is 17.5 Å². The van der Waals surface area contributed by atoms with Crippen LogP contribution in [0.4, 0.5) is 4.79 Å². The van der Waals surface area contributed by atoms with Crippen LogP contribution in [0.15, 0.2) is 30.3 Å². The first-order valence-corrected chi connectivity index (χ1v) is 10.4. The number of rotatable bonds is 4. The Labute approximate surface area is 168 Å². The summed E-state index contributed by atoms with van der Waals surface area (Å²) >= 11 is 2.35. The number of carbonyl (C=O) groups excluding carboxylic acids is 2. The third-order valence-electron chi connectivity index (χ3n) is 5.03. The SMILES string of the molecule is CC(C)(C)OC(=O)C12CN(C(=O)OCc3ccccc3)CC(CI)(C1)C2. The molecule has 2 aliphatic heterocycles. The topological polar surface area (TPSA) is 55.8 Å². The Morgan fingerprint density at radius 2 is 1.81 bits per heavy atom. The second-order valence-corrected chi connectivity index (χ2v) is 9.43. The predicted octanol–water partition coefficient (Wildman–Crippen LogP) is 4.18. The number of hydrogen-bond acceptors (Lipinski definition) is 4. The van der Waals surface area contributed by atoms with Gasteiger partial charge in [0.25, 0.3) is 0 Å². The van der Waals surface area contributed by atoms with Gasteiger partial charge in [-0.25, -0.2) is 4.79 Å². The quantitative estimate of drug-likeness (QED) is 0.376. The van der Waals surface area contributed by atoms with E-state index in [4.69, 9.17) is 9.47 Å². The molecule has 26 heavy (non-hydrogen) atoms. The Kier molecular flexibility index (Phi) is 5.25. The van der Waals surface area contributed by atoms with E-state index in [2.05, 4.69) is 22.6 Å². The number of alkyl halides is 1. The highest BCUT2D eigenvalue weighted by molar-refractivity contribution is 14.1. The van der Waals surface area contributed by atoms with Crippen LogP contribution >= 0.6 is 22.6 Å². The Morgan fingerprint density at radius 1 is 1.15 bits per heavy atom. The average molecular weight is 471 g/mol. The number of ether oxygens (including phenoxy) is 2. The molecule has 0 unspecified atom stereocenters. The van der Waals surface area contributed by atoms with E-state index in [1.54, 1.807) is 4.90 Å². The van der Waals surface area contributed by atoms with E-state index in [-0.39, 0.29) is 24.1 Å². The number of fused-ring (bicyclic) bond motifs is 2. The molecule has 2 bridgehead atoms.